The smallest absolute Gasteiger partial charge is 0.125 e. The molecule has 5 nitrogen and oxygen atoms in total. The van der Waals surface area contributed by atoms with Gasteiger partial charge in [-0.15, -0.1) is 11.8 Å². The molecule has 0 aromatic rings. The van der Waals surface area contributed by atoms with Gasteiger partial charge in [0.25, 0.3) is 0 Å². The summed E-state index contributed by atoms with van der Waals surface area (Å²) in [6.07, 6.45) is 12.8. The Balaban J connectivity index is 0. The van der Waals surface area contributed by atoms with Gasteiger partial charge < -0.3 is 33.5 Å². The monoisotopic (exact) mass is 355 g/mol. The molecule has 0 heterocycles. The molecule has 0 bridgehead atoms. The average Bonchev–Trinajstić information content (AvgIpc) is 2.43. The SMILES string of the molecule is CCCCCCCCCCCCSC(O)C(C)O.[O-]P([O-])[O-]. The average molecular weight is 355 g/mol. The van der Waals surface area contributed by atoms with Crippen LogP contribution < -0.4 is 14.7 Å². The van der Waals surface area contributed by atoms with Crippen molar-refractivity contribution in [3.63, 3.8) is 0 Å². The van der Waals surface area contributed by atoms with Crippen LogP contribution in [0, 0.1) is 0 Å². The Labute approximate surface area is 141 Å². The first-order valence-electron chi connectivity index (χ1n) is 8.21. The molecule has 2 atom stereocenters. The highest BCUT2D eigenvalue weighted by molar-refractivity contribution is 7.99. The molecule has 0 spiro atoms. The molecule has 2 unspecified atom stereocenters. The number of rotatable bonds is 13. The van der Waals surface area contributed by atoms with Gasteiger partial charge in [-0.1, -0.05) is 64.7 Å². The lowest BCUT2D eigenvalue weighted by Crippen LogP contribution is -2.18. The van der Waals surface area contributed by atoms with E-state index >= 15 is 0 Å². The molecule has 2 N–H and O–H groups in total. The summed E-state index contributed by atoms with van der Waals surface area (Å²) in [6, 6.07) is 0. The second-order valence-corrected chi connectivity index (χ2v) is 7.08. The van der Waals surface area contributed by atoms with E-state index in [0.717, 1.165) is 12.2 Å². The van der Waals surface area contributed by atoms with Gasteiger partial charge in [0.1, 0.15) is 5.44 Å². The molecule has 0 aromatic heterocycles. The van der Waals surface area contributed by atoms with Crippen LogP contribution >= 0.6 is 20.4 Å². The van der Waals surface area contributed by atoms with Crippen molar-refractivity contribution < 1.29 is 24.9 Å². The molecule has 136 valence electrons. The van der Waals surface area contributed by atoms with Gasteiger partial charge in [-0.2, -0.15) is 0 Å². The summed E-state index contributed by atoms with van der Waals surface area (Å²) >= 11 is 1.47. The molecular weight excluding hydrogens is 323 g/mol. The maximum atomic E-state index is 9.38. The minimum absolute atomic E-state index is 0.608. The first kappa shape index (κ1) is 24.8. The van der Waals surface area contributed by atoms with Crippen LogP contribution in [-0.4, -0.2) is 27.5 Å². The minimum Gasteiger partial charge on any atom is -0.854 e. The Bertz CT molecular complexity index is 206. The number of aliphatic hydroxyl groups excluding tert-OH is 2. The molecule has 7 heteroatoms. The normalized spacial score (nSPS) is 13.6. The highest BCUT2D eigenvalue weighted by atomic mass is 32.2. The molecule has 0 aliphatic carbocycles. The highest BCUT2D eigenvalue weighted by Crippen LogP contribution is 2.16. The number of thioether (sulfide) groups is 1. The van der Waals surface area contributed by atoms with Gasteiger partial charge in [-0.25, -0.2) is 0 Å². The zero-order valence-corrected chi connectivity index (χ0v) is 15.6. The second-order valence-electron chi connectivity index (χ2n) is 5.41. The third-order valence-electron chi connectivity index (χ3n) is 3.20. The predicted octanol–water partition coefficient (Wildman–Crippen LogP) is 1.63. The van der Waals surface area contributed by atoms with Crippen LogP contribution in [0.5, 0.6) is 0 Å². The maximum Gasteiger partial charge on any atom is 0.125 e. The van der Waals surface area contributed by atoms with E-state index in [9.17, 15) is 5.11 Å². The minimum atomic E-state index is -3.37. The van der Waals surface area contributed by atoms with E-state index in [0.29, 0.717) is 0 Å². The Hall–Kier alpha value is 0.580. The fourth-order valence-electron chi connectivity index (χ4n) is 1.93. The van der Waals surface area contributed by atoms with Gasteiger partial charge in [0, 0.05) is 0 Å². The summed E-state index contributed by atoms with van der Waals surface area (Å²) in [5.74, 6) is 0.961. The summed E-state index contributed by atoms with van der Waals surface area (Å²) in [5.41, 5.74) is -0.608. The van der Waals surface area contributed by atoms with E-state index in [-0.39, 0.29) is 0 Å². The van der Waals surface area contributed by atoms with Crippen molar-refractivity contribution in [3.8, 4) is 0 Å². The number of hydrogen-bond donors (Lipinski definition) is 2. The summed E-state index contributed by atoms with van der Waals surface area (Å²) in [5, 5.41) is 18.5. The van der Waals surface area contributed by atoms with E-state index in [1.165, 1.54) is 69.5 Å². The Kier molecular flexibility index (Phi) is 22.1. The van der Waals surface area contributed by atoms with Crippen LogP contribution in [0.1, 0.15) is 78.1 Å². The first-order valence-corrected chi connectivity index (χ1v) is 10.4. The van der Waals surface area contributed by atoms with Gasteiger partial charge in [0.2, 0.25) is 0 Å². The van der Waals surface area contributed by atoms with E-state index < -0.39 is 20.1 Å². The predicted molar refractivity (Wildman–Crippen MR) is 88.9 cm³/mol. The summed E-state index contributed by atoms with van der Waals surface area (Å²) in [6.45, 7) is 3.89. The van der Waals surface area contributed by atoms with Crippen molar-refractivity contribution in [3.05, 3.63) is 0 Å². The molecule has 0 amide bonds. The number of unbranched alkanes of at least 4 members (excludes halogenated alkanes) is 9. The summed E-state index contributed by atoms with van der Waals surface area (Å²) in [7, 11) is -3.37. The van der Waals surface area contributed by atoms with Crippen molar-refractivity contribution in [1.82, 2.24) is 0 Å². The van der Waals surface area contributed by atoms with Gasteiger partial charge in [-0.3, -0.25) is 0 Å². The highest BCUT2D eigenvalue weighted by Gasteiger charge is 2.09. The fourth-order valence-corrected chi connectivity index (χ4v) is 2.82. The third kappa shape index (κ3) is 25.5. The standard InChI is InChI=1S/C15H32O2S.O3P/c1-3-4-5-6-7-8-9-10-11-12-13-18-15(17)14(2)16;1-4(2)3/h14-17H,3-13H2,1-2H3;/q;-3. The van der Waals surface area contributed by atoms with Crippen molar-refractivity contribution >= 4 is 20.4 Å². The van der Waals surface area contributed by atoms with Crippen LogP contribution in [0.2, 0.25) is 0 Å². The van der Waals surface area contributed by atoms with Crippen molar-refractivity contribution in [2.24, 2.45) is 0 Å². The molecule has 0 aromatic carbocycles. The fraction of sp³-hybridized carbons (Fsp3) is 1.00. The van der Waals surface area contributed by atoms with E-state index in [1.54, 1.807) is 6.92 Å². The molecule has 0 aliphatic rings. The Morgan fingerprint density at radius 1 is 0.818 bits per heavy atom. The Morgan fingerprint density at radius 3 is 1.55 bits per heavy atom. The zero-order chi connectivity index (χ0) is 17.2. The van der Waals surface area contributed by atoms with Crippen LogP contribution in [0.3, 0.4) is 0 Å². The van der Waals surface area contributed by atoms with Crippen LogP contribution in [0.15, 0.2) is 0 Å². The van der Waals surface area contributed by atoms with Gasteiger partial charge in [0.15, 0.2) is 0 Å². The number of aliphatic hydroxyl groups is 2. The molecule has 0 radical (unpaired) electrons. The van der Waals surface area contributed by atoms with E-state index in [1.807, 2.05) is 0 Å². The van der Waals surface area contributed by atoms with Crippen molar-refractivity contribution in [1.29, 1.82) is 0 Å². The van der Waals surface area contributed by atoms with E-state index in [4.69, 9.17) is 19.8 Å². The largest absolute Gasteiger partial charge is 0.854 e. The quantitative estimate of drug-likeness (QED) is 0.295. The first-order chi connectivity index (χ1) is 10.4. The van der Waals surface area contributed by atoms with Crippen LogP contribution in [-0.2, 0) is 0 Å². The molecule has 0 saturated heterocycles. The van der Waals surface area contributed by atoms with Gasteiger partial charge in [0.05, 0.1) is 6.10 Å². The Morgan fingerprint density at radius 2 is 1.18 bits per heavy atom. The lowest BCUT2D eigenvalue weighted by Gasteiger charge is -2.39. The van der Waals surface area contributed by atoms with E-state index in [2.05, 4.69) is 6.92 Å². The van der Waals surface area contributed by atoms with Gasteiger partial charge in [-0.05, 0) is 19.1 Å². The molecule has 0 fully saturated rings. The zero-order valence-electron chi connectivity index (χ0n) is 13.9. The second kappa shape index (κ2) is 19.6. The maximum absolute atomic E-state index is 9.38. The molecule has 0 rings (SSSR count). The molecule has 0 saturated carbocycles. The molecular formula is C15H32O5PS-3. The van der Waals surface area contributed by atoms with Gasteiger partial charge >= 0.3 is 0 Å². The lowest BCUT2D eigenvalue weighted by molar-refractivity contribution is -0.407. The molecule has 0 aliphatic heterocycles. The third-order valence-corrected chi connectivity index (χ3v) is 4.46. The number of hydrogen-bond acceptors (Lipinski definition) is 6. The molecule has 22 heavy (non-hydrogen) atoms. The van der Waals surface area contributed by atoms with Crippen LogP contribution in [0.4, 0.5) is 0 Å². The topological polar surface area (TPSA) is 110 Å². The lowest BCUT2D eigenvalue weighted by atomic mass is 10.1. The van der Waals surface area contributed by atoms with Crippen LogP contribution in [0.25, 0.3) is 0 Å². The summed E-state index contributed by atoms with van der Waals surface area (Å²) in [4.78, 5) is 25.4. The van der Waals surface area contributed by atoms with Crippen molar-refractivity contribution in [2.75, 3.05) is 5.75 Å². The summed E-state index contributed by atoms with van der Waals surface area (Å²) < 4.78 is 0. The van der Waals surface area contributed by atoms with Crippen molar-refractivity contribution in [2.45, 2.75) is 89.6 Å².